The summed E-state index contributed by atoms with van der Waals surface area (Å²) in [6.07, 6.45) is 1.35. The number of aromatic nitrogens is 2. The van der Waals surface area contributed by atoms with Crippen molar-refractivity contribution in [2.75, 3.05) is 0 Å². The van der Waals surface area contributed by atoms with E-state index in [2.05, 4.69) is 9.97 Å². The molecule has 0 unspecified atom stereocenters. The Hall–Kier alpha value is -1.68. The molecule has 0 aliphatic heterocycles. The predicted octanol–water partition coefficient (Wildman–Crippen LogP) is 1.38. The molecule has 2 rings (SSSR count). The highest BCUT2D eigenvalue weighted by Gasteiger charge is 2.04. The van der Waals surface area contributed by atoms with Crippen LogP contribution in [-0.4, -0.2) is 15.9 Å². The second-order valence-electron chi connectivity index (χ2n) is 2.75. The third-order valence-corrected chi connectivity index (χ3v) is 1.99. The molecular formula is C9H6ClN3O. The summed E-state index contributed by atoms with van der Waals surface area (Å²) >= 11 is 5.77. The van der Waals surface area contributed by atoms with Crippen molar-refractivity contribution in [3.05, 3.63) is 35.1 Å². The molecule has 0 radical (unpaired) electrons. The van der Waals surface area contributed by atoms with E-state index in [1.54, 1.807) is 18.2 Å². The minimum absolute atomic E-state index is 0.139. The maximum atomic E-state index is 10.8. The van der Waals surface area contributed by atoms with Crippen LogP contribution < -0.4 is 5.73 Å². The topological polar surface area (TPSA) is 68.9 Å². The van der Waals surface area contributed by atoms with Crippen molar-refractivity contribution in [2.45, 2.75) is 0 Å². The van der Waals surface area contributed by atoms with E-state index in [-0.39, 0.29) is 5.69 Å². The fourth-order valence-corrected chi connectivity index (χ4v) is 1.27. The predicted molar refractivity (Wildman–Crippen MR) is 53.1 cm³/mol. The molecule has 70 valence electrons. The summed E-state index contributed by atoms with van der Waals surface area (Å²) in [4.78, 5) is 18.9. The Labute approximate surface area is 84.7 Å². The average molecular weight is 208 g/mol. The number of nitrogens with zero attached hydrogens (tertiary/aromatic N) is 2. The number of rotatable bonds is 1. The second-order valence-corrected chi connectivity index (χ2v) is 3.19. The number of halogens is 1. The van der Waals surface area contributed by atoms with E-state index in [4.69, 9.17) is 17.3 Å². The van der Waals surface area contributed by atoms with Gasteiger partial charge in [-0.2, -0.15) is 0 Å². The number of amides is 1. The minimum atomic E-state index is -0.598. The van der Waals surface area contributed by atoms with Crippen molar-refractivity contribution < 1.29 is 4.79 Å². The summed E-state index contributed by atoms with van der Waals surface area (Å²) in [5.41, 5.74) is 6.45. The number of carbonyl (C=O) groups excluding carboxylic acids is 1. The van der Waals surface area contributed by atoms with Gasteiger partial charge in [-0.3, -0.25) is 9.78 Å². The van der Waals surface area contributed by atoms with Crippen LogP contribution in [0.4, 0.5) is 0 Å². The first-order valence-corrected chi connectivity index (χ1v) is 4.27. The van der Waals surface area contributed by atoms with Gasteiger partial charge in [-0.05, 0) is 18.2 Å². The molecular weight excluding hydrogens is 202 g/mol. The first kappa shape index (κ1) is 8.90. The molecule has 1 heterocycles. The van der Waals surface area contributed by atoms with Crippen molar-refractivity contribution in [1.82, 2.24) is 9.97 Å². The molecule has 0 saturated heterocycles. The highest BCUT2D eigenvalue weighted by molar-refractivity contribution is 6.31. The molecule has 1 aromatic heterocycles. The minimum Gasteiger partial charge on any atom is -0.364 e. The van der Waals surface area contributed by atoms with Crippen LogP contribution in [0.5, 0.6) is 0 Å². The lowest BCUT2D eigenvalue weighted by molar-refractivity contribution is 0.0995. The van der Waals surface area contributed by atoms with E-state index < -0.39 is 5.91 Å². The van der Waals surface area contributed by atoms with Crippen LogP contribution in [0.3, 0.4) is 0 Å². The van der Waals surface area contributed by atoms with Crippen molar-refractivity contribution in [1.29, 1.82) is 0 Å². The normalized spacial score (nSPS) is 10.4. The Morgan fingerprint density at radius 1 is 1.36 bits per heavy atom. The van der Waals surface area contributed by atoms with Crippen molar-refractivity contribution in [2.24, 2.45) is 5.73 Å². The maximum absolute atomic E-state index is 10.8. The third kappa shape index (κ3) is 1.52. The van der Waals surface area contributed by atoms with Crippen LogP contribution in [0.2, 0.25) is 5.02 Å². The lowest BCUT2D eigenvalue weighted by Crippen LogP contribution is -2.13. The van der Waals surface area contributed by atoms with Crippen LogP contribution in [0.15, 0.2) is 24.4 Å². The van der Waals surface area contributed by atoms with Gasteiger partial charge in [0.1, 0.15) is 5.69 Å². The Morgan fingerprint density at radius 3 is 2.86 bits per heavy atom. The van der Waals surface area contributed by atoms with E-state index in [0.717, 1.165) is 0 Å². The smallest absolute Gasteiger partial charge is 0.268 e. The number of benzene rings is 1. The Kier molecular flexibility index (Phi) is 2.05. The number of nitrogens with two attached hydrogens (primary N) is 1. The van der Waals surface area contributed by atoms with Gasteiger partial charge in [-0.25, -0.2) is 4.98 Å². The van der Waals surface area contributed by atoms with Gasteiger partial charge in [0.15, 0.2) is 0 Å². The zero-order chi connectivity index (χ0) is 10.1. The van der Waals surface area contributed by atoms with E-state index in [1.165, 1.54) is 6.20 Å². The zero-order valence-electron chi connectivity index (χ0n) is 7.07. The van der Waals surface area contributed by atoms with Gasteiger partial charge in [0.05, 0.1) is 17.2 Å². The summed E-state index contributed by atoms with van der Waals surface area (Å²) < 4.78 is 0. The van der Waals surface area contributed by atoms with Crippen LogP contribution in [-0.2, 0) is 0 Å². The molecule has 2 aromatic rings. The number of primary amides is 1. The van der Waals surface area contributed by atoms with Gasteiger partial charge in [-0.15, -0.1) is 0 Å². The van der Waals surface area contributed by atoms with E-state index in [9.17, 15) is 4.79 Å². The molecule has 0 fully saturated rings. The van der Waals surface area contributed by atoms with E-state index >= 15 is 0 Å². The maximum Gasteiger partial charge on any atom is 0.268 e. The third-order valence-electron chi connectivity index (χ3n) is 1.76. The highest BCUT2D eigenvalue weighted by atomic mass is 35.5. The van der Waals surface area contributed by atoms with Crippen LogP contribution in [0, 0.1) is 0 Å². The lowest BCUT2D eigenvalue weighted by Gasteiger charge is -1.98. The Morgan fingerprint density at radius 2 is 2.14 bits per heavy atom. The summed E-state index contributed by atoms with van der Waals surface area (Å²) in [7, 11) is 0. The van der Waals surface area contributed by atoms with Crippen molar-refractivity contribution in [3.8, 4) is 0 Å². The molecule has 4 nitrogen and oxygen atoms in total. The van der Waals surface area contributed by atoms with Crippen molar-refractivity contribution in [3.63, 3.8) is 0 Å². The van der Waals surface area contributed by atoms with Gasteiger partial charge < -0.3 is 5.73 Å². The summed E-state index contributed by atoms with van der Waals surface area (Å²) in [5.74, 6) is -0.598. The van der Waals surface area contributed by atoms with Crippen LogP contribution in [0.1, 0.15) is 10.5 Å². The molecule has 14 heavy (non-hydrogen) atoms. The highest BCUT2D eigenvalue weighted by Crippen LogP contribution is 2.15. The summed E-state index contributed by atoms with van der Waals surface area (Å²) in [6.45, 7) is 0. The molecule has 2 N–H and O–H groups in total. The first-order chi connectivity index (χ1) is 6.66. The molecule has 0 aliphatic carbocycles. The average Bonchev–Trinajstić information content (AvgIpc) is 2.16. The standard InChI is InChI=1S/C9H6ClN3O/c10-5-1-2-6-7(3-5)13-8(4-12-6)9(11)14/h1-4H,(H2,11,14). The SMILES string of the molecule is NC(=O)c1cnc2ccc(Cl)cc2n1. The molecule has 0 saturated carbocycles. The summed E-state index contributed by atoms with van der Waals surface area (Å²) in [5, 5.41) is 0.549. The molecule has 1 amide bonds. The second kappa shape index (κ2) is 3.23. The van der Waals surface area contributed by atoms with Crippen LogP contribution >= 0.6 is 11.6 Å². The van der Waals surface area contributed by atoms with Crippen molar-refractivity contribution >= 4 is 28.5 Å². The quantitative estimate of drug-likeness (QED) is 0.768. The lowest BCUT2D eigenvalue weighted by atomic mass is 10.3. The molecule has 0 bridgehead atoms. The first-order valence-electron chi connectivity index (χ1n) is 3.89. The number of fused-ring (bicyclic) bond motifs is 1. The van der Waals surface area contributed by atoms with Gasteiger partial charge in [0.25, 0.3) is 5.91 Å². The number of hydrogen-bond acceptors (Lipinski definition) is 3. The van der Waals surface area contributed by atoms with Gasteiger partial charge >= 0.3 is 0 Å². The molecule has 0 spiro atoms. The Balaban J connectivity index is 2.69. The van der Waals surface area contributed by atoms with Gasteiger partial charge in [0, 0.05) is 5.02 Å². The largest absolute Gasteiger partial charge is 0.364 e. The van der Waals surface area contributed by atoms with E-state index in [1.807, 2.05) is 0 Å². The van der Waals surface area contributed by atoms with E-state index in [0.29, 0.717) is 16.1 Å². The molecule has 5 heteroatoms. The molecule has 1 aromatic carbocycles. The zero-order valence-corrected chi connectivity index (χ0v) is 7.82. The number of hydrogen-bond donors (Lipinski definition) is 1. The number of carbonyl (C=O) groups is 1. The molecule has 0 aliphatic rings. The van der Waals surface area contributed by atoms with Gasteiger partial charge in [-0.1, -0.05) is 11.6 Å². The fraction of sp³-hybridized carbons (Fsp3) is 0. The fourth-order valence-electron chi connectivity index (χ4n) is 1.10. The van der Waals surface area contributed by atoms with Gasteiger partial charge in [0.2, 0.25) is 0 Å². The van der Waals surface area contributed by atoms with Crippen LogP contribution in [0.25, 0.3) is 11.0 Å². The summed E-state index contributed by atoms with van der Waals surface area (Å²) in [6, 6.07) is 5.08. The molecule has 0 atom stereocenters. The Bertz CT molecular complexity index is 512. The monoisotopic (exact) mass is 207 g/mol.